The van der Waals surface area contributed by atoms with E-state index in [0.29, 0.717) is 17.3 Å². The van der Waals surface area contributed by atoms with Crippen molar-refractivity contribution < 1.29 is 13.7 Å². The summed E-state index contributed by atoms with van der Waals surface area (Å²) >= 11 is 0. The number of carbonyl (C=O) groups is 1. The van der Waals surface area contributed by atoms with Crippen molar-refractivity contribution in [3.8, 4) is 0 Å². The zero-order valence-electron chi connectivity index (χ0n) is 13.5. The van der Waals surface area contributed by atoms with Crippen LogP contribution in [0.4, 0.5) is 4.79 Å². The molecule has 2 heterocycles. The first-order chi connectivity index (χ1) is 10.3. The highest BCUT2D eigenvalue weighted by Crippen LogP contribution is 2.22. The average molecular weight is 325 g/mol. The lowest BCUT2D eigenvalue weighted by Gasteiger charge is -2.28. The molecule has 1 aliphatic rings. The highest BCUT2D eigenvalue weighted by molar-refractivity contribution is 7.85. The van der Waals surface area contributed by atoms with Gasteiger partial charge in [-0.05, 0) is 52.7 Å². The molecular weight excluding hydrogens is 302 g/mol. The molecule has 1 aromatic rings. The van der Waals surface area contributed by atoms with Crippen LogP contribution in [0.25, 0.3) is 0 Å². The van der Waals surface area contributed by atoms with Crippen molar-refractivity contribution in [2.24, 2.45) is 0 Å². The van der Waals surface area contributed by atoms with E-state index in [-0.39, 0.29) is 12.1 Å². The highest BCUT2D eigenvalue weighted by Gasteiger charge is 2.33. The normalized spacial score (nSPS) is 20.0. The van der Waals surface area contributed by atoms with Crippen molar-refractivity contribution in [2.75, 3.05) is 12.3 Å². The number of aryl methyl sites for hydroxylation is 1. The summed E-state index contributed by atoms with van der Waals surface area (Å²) in [5.41, 5.74) is 0.267. The lowest BCUT2D eigenvalue weighted by Crippen LogP contribution is -2.42. The first-order valence-electron chi connectivity index (χ1n) is 7.44. The number of hydrogen-bond donors (Lipinski definition) is 0. The van der Waals surface area contributed by atoms with Crippen LogP contribution in [0, 0.1) is 6.92 Å². The summed E-state index contributed by atoms with van der Waals surface area (Å²) in [6, 6.07) is 3.45. The fraction of sp³-hybridized carbons (Fsp3) is 0.667. The molecule has 1 fully saturated rings. The predicted molar refractivity (Wildman–Crippen MR) is 84.0 cm³/mol. The molecule has 1 amide bonds. The fourth-order valence-electron chi connectivity index (χ4n) is 2.34. The number of likely N-dealkylation sites (tertiary alicyclic amines) is 1. The molecule has 0 radical (unpaired) electrons. The number of nitrogens with zero attached hydrogens (tertiary/aromatic N) is 3. The predicted octanol–water partition coefficient (Wildman–Crippen LogP) is 2.29. The van der Waals surface area contributed by atoms with Gasteiger partial charge in [-0.25, -0.2) is 4.79 Å². The monoisotopic (exact) mass is 325 g/mol. The third kappa shape index (κ3) is 4.50. The Balaban J connectivity index is 2.00. The maximum absolute atomic E-state index is 12.4. The second-order valence-electron chi connectivity index (χ2n) is 6.49. The molecule has 0 N–H and O–H groups in total. The van der Waals surface area contributed by atoms with Gasteiger partial charge in [0, 0.05) is 12.6 Å². The van der Waals surface area contributed by atoms with Crippen LogP contribution >= 0.6 is 0 Å². The van der Waals surface area contributed by atoms with Crippen molar-refractivity contribution in [1.29, 1.82) is 0 Å². The summed E-state index contributed by atoms with van der Waals surface area (Å²) in [5.74, 6) is 0.372. The molecule has 122 valence electrons. The number of aromatic nitrogens is 2. The van der Waals surface area contributed by atoms with Crippen molar-refractivity contribution in [1.82, 2.24) is 15.1 Å². The molecule has 1 saturated heterocycles. The number of ether oxygens (including phenoxy) is 1. The Kier molecular flexibility index (Phi) is 5.16. The van der Waals surface area contributed by atoms with Crippen LogP contribution < -0.4 is 0 Å². The Bertz CT molecular complexity index is 554. The maximum Gasteiger partial charge on any atom is 0.410 e. The summed E-state index contributed by atoms with van der Waals surface area (Å²) in [6.07, 6.45) is 1.41. The van der Waals surface area contributed by atoms with E-state index in [4.69, 9.17) is 4.74 Å². The van der Waals surface area contributed by atoms with Gasteiger partial charge in [-0.2, -0.15) is 5.10 Å². The third-order valence-corrected chi connectivity index (χ3v) is 4.73. The van der Waals surface area contributed by atoms with E-state index in [0.717, 1.165) is 18.5 Å². The van der Waals surface area contributed by atoms with Crippen LogP contribution in [0.3, 0.4) is 0 Å². The largest absolute Gasteiger partial charge is 0.444 e. The van der Waals surface area contributed by atoms with E-state index in [1.807, 2.05) is 27.7 Å². The number of carbonyl (C=O) groups excluding carboxylic acids is 1. The van der Waals surface area contributed by atoms with E-state index in [1.165, 1.54) is 0 Å². The molecule has 0 saturated carbocycles. The van der Waals surface area contributed by atoms with Gasteiger partial charge >= 0.3 is 6.09 Å². The van der Waals surface area contributed by atoms with E-state index >= 15 is 0 Å². The van der Waals surface area contributed by atoms with E-state index < -0.39 is 16.4 Å². The summed E-state index contributed by atoms with van der Waals surface area (Å²) in [5, 5.41) is 8.35. The SMILES string of the molecule is Cc1ccc([S@@](=O)C[C@@H]2CCCN2C(=O)OC(C)(C)C)nn1. The van der Waals surface area contributed by atoms with Gasteiger partial charge in [-0.15, -0.1) is 5.10 Å². The van der Waals surface area contributed by atoms with Gasteiger partial charge in [0.15, 0.2) is 0 Å². The van der Waals surface area contributed by atoms with Crippen LogP contribution in [-0.2, 0) is 15.5 Å². The van der Waals surface area contributed by atoms with E-state index in [2.05, 4.69) is 10.2 Å². The molecule has 22 heavy (non-hydrogen) atoms. The second kappa shape index (κ2) is 6.73. The van der Waals surface area contributed by atoms with Crippen LogP contribution in [0.5, 0.6) is 0 Å². The molecule has 0 unspecified atom stereocenters. The summed E-state index contributed by atoms with van der Waals surface area (Å²) in [6.45, 7) is 8.01. The standard InChI is InChI=1S/C15H23N3O3S/c1-11-7-8-13(17-16-11)22(20)10-12-6-5-9-18(12)14(19)21-15(2,3)4/h7-8,12H,5-6,9-10H2,1-4H3/t12-,22-/m0/s1. The Morgan fingerprint density at radius 3 is 2.73 bits per heavy atom. The molecule has 7 heteroatoms. The molecular formula is C15H23N3O3S. The van der Waals surface area contributed by atoms with Crippen molar-refractivity contribution in [2.45, 2.75) is 57.2 Å². The first-order valence-corrected chi connectivity index (χ1v) is 8.76. The van der Waals surface area contributed by atoms with Crippen molar-refractivity contribution >= 4 is 16.9 Å². The summed E-state index contributed by atoms with van der Waals surface area (Å²) < 4.78 is 17.8. The Hall–Kier alpha value is -1.50. The third-order valence-electron chi connectivity index (χ3n) is 3.36. The summed E-state index contributed by atoms with van der Waals surface area (Å²) in [7, 11) is -1.26. The minimum absolute atomic E-state index is 0.0706. The van der Waals surface area contributed by atoms with Gasteiger partial charge in [0.25, 0.3) is 0 Å². The zero-order chi connectivity index (χ0) is 16.3. The van der Waals surface area contributed by atoms with Crippen LogP contribution in [0.15, 0.2) is 17.2 Å². The smallest absolute Gasteiger partial charge is 0.410 e. The second-order valence-corrected chi connectivity index (χ2v) is 7.94. The number of rotatable bonds is 3. The van der Waals surface area contributed by atoms with Crippen molar-refractivity contribution in [3.05, 3.63) is 17.8 Å². The van der Waals surface area contributed by atoms with Gasteiger partial charge in [0.2, 0.25) is 0 Å². The fourth-order valence-corrected chi connectivity index (χ4v) is 3.56. The highest BCUT2D eigenvalue weighted by atomic mass is 32.2. The van der Waals surface area contributed by atoms with Gasteiger partial charge in [-0.1, -0.05) is 0 Å². The number of amides is 1. The molecule has 1 aliphatic heterocycles. The van der Waals surface area contributed by atoms with Gasteiger partial charge in [0.1, 0.15) is 10.6 Å². The molecule has 0 aliphatic carbocycles. The molecule has 0 aromatic carbocycles. The Labute approximate surface area is 133 Å². The van der Waals surface area contributed by atoms with Gasteiger partial charge in [-0.3, -0.25) is 4.21 Å². The molecule has 6 nitrogen and oxygen atoms in total. The van der Waals surface area contributed by atoms with Gasteiger partial charge in [0.05, 0.1) is 22.2 Å². The number of hydrogen-bond acceptors (Lipinski definition) is 5. The topological polar surface area (TPSA) is 72.4 Å². The Morgan fingerprint density at radius 2 is 2.14 bits per heavy atom. The summed E-state index contributed by atoms with van der Waals surface area (Å²) in [4.78, 5) is 13.9. The molecule has 2 rings (SSSR count). The maximum atomic E-state index is 12.4. The van der Waals surface area contributed by atoms with Crippen LogP contribution in [-0.4, -0.2) is 49.3 Å². The Morgan fingerprint density at radius 1 is 1.41 bits per heavy atom. The van der Waals surface area contributed by atoms with Gasteiger partial charge < -0.3 is 9.64 Å². The first kappa shape index (κ1) is 16.9. The molecule has 2 atom stereocenters. The van der Waals surface area contributed by atoms with Crippen molar-refractivity contribution in [3.63, 3.8) is 0 Å². The van der Waals surface area contributed by atoms with Crippen LogP contribution in [0.1, 0.15) is 39.3 Å². The molecule has 1 aromatic heterocycles. The zero-order valence-corrected chi connectivity index (χ0v) is 14.4. The van der Waals surface area contributed by atoms with E-state index in [9.17, 15) is 9.00 Å². The van der Waals surface area contributed by atoms with E-state index in [1.54, 1.807) is 17.0 Å². The van der Waals surface area contributed by atoms with Crippen LogP contribution in [0.2, 0.25) is 0 Å². The lowest BCUT2D eigenvalue weighted by molar-refractivity contribution is 0.0241. The molecule has 0 spiro atoms. The lowest BCUT2D eigenvalue weighted by atomic mass is 10.2. The molecule has 0 bridgehead atoms. The average Bonchev–Trinajstić information content (AvgIpc) is 2.85. The minimum Gasteiger partial charge on any atom is -0.444 e. The quantitative estimate of drug-likeness (QED) is 0.852. The minimum atomic E-state index is -1.26.